The van der Waals surface area contributed by atoms with Crippen molar-refractivity contribution in [3.63, 3.8) is 0 Å². The lowest BCUT2D eigenvalue weighted by Crippen LogP contribution is -2.28. The first-order valence-corrected chi connectivity index (χ1v) is 6.18. The van der Waals surface area contributed by atoms with Crippen molar-refractivity contribution in [1.82, 2.24) is 15.2 Å². The second-order valence-electron chi connectivity index (χ2n) is 4.71. The van der Waals surface area contributed by atoms with Crippen LogP contribution in [0.3, 0.4) is 0 Å². The van der Waals surface area contributed by atoms with Gasteiger partial charge in [0.2, 0.25) is 11.9 Å². The number of methoxy groups -OCH3 is 1. The van der Waals surface area contributed by atoms with E-state index in [9.17, 15) is 9.18 Å². The van der Waals surface area contributed by atoms with Gasteiger partial charge in [-0.2, -0.15) is 4.98 Å². The van der Waals surface area contributed by atoms with E-state index in [1.54, 1.807) is 12.1 Å². The van der Waals surface area contributed by atoms with Crippen molar-refractivity contribution in [3.8, 4) is 6.01 Å². The van der Waals surface area contributed by atoms with Gasteiger partial charge in [-0.3, -0.25) is 10.1 Å². The van der Waals surface area contributed by atoms with E-state index in [-0.39, 0.29) is 23.7 Å². The Morgan fingerprint density at radius 3 is 2.65 bits per heavy atom. The Kier molecular flexibility index (Phi) is 2.89. The zero-order chi connectivity index (χ0) is 14.2. The summed E-state index contributed by atoms with van der Waals surface area (Å²) in [5, 5.41) is 8.99. The first kappa shape index (κ1) is 12.6. The minimum Gasteiger partial charge on any atom is -0.466 e. The van der Waals surface area contributed by atoms with Gasteiger partial charge in [0, 0.05) is 0 Å². The number of nitrogens with zero attached hydrogens (tertiary/aromatic N) is 2. The van der Waals surface area contributed by atoms with Crippen LogP contribution in [0.1, 0.15) is 18.4 Å². The summed E-state index contributed by atoms with van der Waals surface area (Å²) in [5.74, 6) is -0.256. The summed E-state index contributed by atoms with van der Waals surface area (Å²) in [6.45, 7) is 0. The molecule has 0 atom stereocenters. The van der Waals surface area contributed by atoms with Crippen molar-refractivity contribution in [3.05, 3.63) is 35.6 Å². The largest absolute Gasteiger partial charge is 0.466 e. The zero-order valence-electron chi connectivity index (χ0n) is 10.8. The first-order valence-electron chi connectivity index (χ1n) is 6.18. The van der Waals surface area contributed by atoms with Crippen LogP contribution >= 0.6 is 0 Å². The van der Waals surface area contributed by atoms with Gasteiger partial charge in [0.05, 0.1) is 12.5 Å². The number of rotatable bonds is 4. The minimum absolute atomic E-state index is 0.159. The number of benzene rings is 1. The monoisotopic (exact) mass is 276 g/mol. The van der Waals surface area contributed by atoms with E-state index in [2.05, 4.69) is 20.5 Å². The maximum absolute atomic E-state index is 12.9. The van der Waals surface area contributed by atoms with E-state index >= 15 is 0 Å². The number of ether oxygens (including phenoxy) is 1. The van der Waals surface area contributed by atoms with Gasteiger partial charge in [0.25, 0.3) is 0 Å². The average molecular weight is 276 g/mol. The molecule has 1 aromatic carbocycles. The van der Waals surface area contributed by atoms with E-state index in [1.807, 2.05) is 0 Å². The highest BCUT2D eigenvalue weighted by Crippen LogP contribution is 2.48. The number of hydrogen-bond acceptors (Lipinski definition) is 4. The topological polar surface area (TPSA) is 79.9 Å². The summed E-state index contributed by atoms with van der Waals surface area (Å²) in [5.41, 5.74) is 0.219. The van der Waals surface area contributed by atoms with E-state index < -0.39 is 5.41 Å². The first-order chi connectivity index (χ1) is 9.64. The van der Waals surface area contributed by atoms with Gasteiger partial charge >= 0.3 is 6.01 Å². The molecule has 0 unspecified atom stereocenters. The van der Waals surface area contributed by atoms with Gasteiger partial charge in [-0.05, 0) is 30.5 Å². The van der Waals surface area contributed by atoms with Crippen LogP contribution in [0, 0.1) is 5.82 Å². The van der Waals surface area contributed by atoms with Crippen molar-refractivity contribution in [2.75, 3.05) is 12.4 Å². The van der Waals surface area contributed by atoms with Crippen molar-refractivity contribution in [1.29, 1.82) is 0 Å². The maximum atomic E-state index is 12.9. The standard InChI is InChI=1S/C13H13FN4O2/c1-20-12-16-11(17-18-12)15-10(19)13(6-7-13)8-2-4-9(14)5-3-8/h2-5H,6-7H2,1H3,(H2,15,16,17,18,19). The normalized spacial score (nSPS) is 15.7. The number of aromatic amines is 1. The second-order valence-corrected chi connectivity index (χ2v) is 4.71. The van der Waals surface area contributed by atoms with Gasteiger partial charge in [-0.25, -0.2) is 9.49 Å². The molecule has 2 aromatic rings. The molecule has 0 aliphatic heterocycles. The summed E-state index contributed by atoms with van der Waals surface area (Å²) in [4.78, 5) is 16.3. The number of H-pyrrole nitrogens is 1. The van der Waals surface area contributed by atoms with Gasteiger partial charge < -0.3 is 4.74 Å². The molecule has 1 saturated carbocycles. The van der Waals surface area contributed by atoms with Crippen molar-refractivity contribution >= 4 is 11.9 Å². The molecule has 0 saturated heterocycles. The van der Waals surface area contributed by atoms with Crippen molar-refractivity contribution in [2.45, 2.75) is 18.3 Å². The Labute approximate surface area is 114 Å². The van der Waals surface area contributed by atoms with Crippen LogP contribution in [0.5, 0.6) is 6.01 Å². The number of nitrogens with one attached hydrogen (secondary N) is 2. The minimum atomic E-state index is -0.590. The molecule has 0 bridgehead atoms. The summed E-state index contributed by atoms with van der Waals surface area (Å²) < 4.78 is 17.8. The molecule has 3 rings (SSSR count). The molecule has 7 heteroatoms. The Balaban J connectivity index is 1.77. The predicted octanol–water partition coefficient (Wildman–Crippen LogP) is 1.62. The van der Waals surface area contributed by atoms with Gasteiger partial charge in [0.15, 0.2) is 0 Å². The Hall–Kier alpha value is -2.44. The van der Waals surface area contributed by atoms with Crippen LogP contribution in [-0.4, -0.2) is 28.2 Å². The average Bonchev–Trinajstić information content (AvgIpc) is 3.14. The second kappa shape index (κ2) is 4.59. The number of carbonyl (C=O) groups is 1. The van der Waals surface area contributed by atoms with Crippen molar-refractivity contribution in [2.24, 2.45) is 0 Å². The molecule has 6 nitrogen and oxygen atoms in total. The molecular formula is C13H13FN4O2. The van der Waals surface area contributed by atoms with Gasteiger partial charge in [-0.1, -0.05) is 12.1 Å². The quantitative estimate of drug-likeness (QED) is 0.889. The SMILES string of the molecule is COc1n[nH]c(NC(=O)C2(c3ccc(F)cc3)CC2)n1. The Morgan fingerprint density at radius 1 is 1.40 bits per heavy atom. The smallest absolute Gasteiger partial charge is 0.336 e. The third-order valence-electron chi connectivity index (χ3n) is 3.46. The zero-order valence-corrected chi connectivity index (χ0v) is 10.8. The van der Waals surface area contributed by atoms with E-state index in [1.165, 1.54) is 19.2 Å². The number of aromatic nitrogens is 3. The van der Waals surface area contributed by atoms with Crippen LogP contribution < -0.4 is 10.1 Å². The molecule has 0 radical (unpaired) electrons. The highest BCUT2D eigenvalue weighted by molar-refractivity contribution is 6.00. The molecular weight excluding hydrogens is 263 g/mol. The van der Waals surface area contributed by atoms with Crippen LogP contribution in [0.4, 0.5) is 10.3 Å². The van der Waals surface area contributed by atoms with Crippen molar-refractivity contribution < 1.29 is 13.9 Å². The molecule has 1 heterocycles. The van der Waals surface area contributed by atoms with Gasteiger partial charge in [0.1, 0.15) is 5.82 Å². The molecule has 104 valence electrons. The highest BCUT2D eigenvalue weighted by atomic mass is 19.1. The van der Waals surface area contributed by atoms with E-state index in [4.69, 9.17) is 4.74 Å². The fourth-order valence-corrected chi connectivity index (χ4v) is 2.16. The number of carbonyl (C=O) groups excluding carboxylic acids is 1. The van der Waals surface area contributed by atoms with Gasteiger partial charge in [-0.15, -0.1) is 5.10 Å². The summed E-state index contributed by atoms with van der Waals surface area (Å²) in [7, 11) is 1.44. The Morgan fingerprint density at radius 2 is 2.10 bits per heavy atom. The number of amides is 1. The van der Waals surface area contributed by atoms with Crippen LogP contribution in [0.2, 0.25) is 0 Å². The molecule has 1 aliphatic carbocycles. The molecule has 1 aromatic heterocycles. The lowest BCUT2D eigenvalue weighted by Gasteiger charge is -2.14. The third-order valence-corrected chi connectivity index (χ3v) is 3.46. The van der Waals surface area contributed by atoms with E-state index in [0.29, 0.717) is 0 Å². The summed E-state index contributed by atoms with van der Waals surface area (Å²) >= 11 is 0. The van der Waals surface area contributed by atoms with Crippen LogP contribution in [0.15, 0.2) is 24.3 Å². The fraction of sp³-hybridized carbons (Fsp3) is 0.308. The predicted molar refractivity (Wildman–Crippen MR) is 68.9 cm³/mol. The molecule has 0 spiro atoms. The lowest BCUT2D eigenvalue weighted by atomic mass is 9.95. The molecule has 2 N–H and O–H groups in total. The highest BCUT2D eigenvalue weighted by Gasteiger charge is 2.51. The summed E-state index contributed by atoms with van der Waals surface area (Å²) in [6, 6.07) is 6.17. The number of halogens is 1. The molecule has 20 heavy (non-hydrogen) atoms. The van der Waals surface area contributed by atoms with Crippen LogP contribution in [0.25, 0.3) is 0 Å². The molecule has 1 aliphatic rings. The fourth-order valence-electron chi connectivity index (χ4n) is 2.16. The third kappa shape index (κ3) is 2.11. The van der Waals surface area contributed by atoms with E-state index in [0.717, 1.165) is 18.4 Å². The molecule has 1 amide bonds. The summed E-state index contributed by atoms with van der Waals surface area (Å²) in [6.07, 6.45) is 1.46. The number of anilines is 1. The maximum Gasteiger partial charge on any atom is 0.336 e. The Bertz CT molecular complexity index is 634. The molecule has 1 fully saturated rings. The number of hydrogen-bond donors (Lipinski definition) is 2. The van der Waals surface area contributed by atoms with Crippen LogP contribution in [-0.2, 0) is 10.2 Å². The lowest BCUT2D eigenvalue weighted by molar-refractivity contribution is -0.118.